The van der Waals surface area contributed by atoms with Gasteiger partial charge in [0.1, 0.15) is 5.69 Å². The summed E-state index contributed by atoms with van der Waals surface area (Å²) in [7, 11) is 0. The average molecular weight is 308 g/mol. The molecule has 1 N–H and O–H groups in total. The molecule has 0 aromatic heterocycles. The zero-order chi connectivity index (χ0) is 15.4. The monoisotopic (exact) mass is 307 g/mol. The molecule has 0 radical (unpaired) electrons. The van der Waals surface area contributed by atoms with Crippen molar-refractivity contribution in [1.82, 2.24) is 0 Å². The molecule has 2 aromatic carbocycles. The number of hydrogen-bond donors (Lipinski definition) is 1. The highest BCUT2D eigenvalue weighted by atomic mass is 35.5. The number of anilines is 1. The van der Waals surface area contributed by atoms with Crippen LogP contribution in [0, 0.1) is 20.2 Å². The van der Waals surface area contributed by atoms with Gasteiger partial charge < -0.3 is 5.32 Å². The summed E-state index contributed by atoms with van der Waals surface area (Å²) in [5, 5.41) is 24.8. The number of nitrogens with zero attached hydrogens (tertiary/aromatic N) is 2. The van der Waals surface area contributed by atoms with E-state index in [0.717, 1.165) is 0 Å². The molecule has 0 atom stereocenters. The maximum atomic E-state index is 10.9. The zero-order valence-corrected chi connectivity index (χ0v) is 11.4. The summed E-state index contributed by atoms with van der Waals surface area (Å²) in [5.41, 5.74) is 0.761. The van der Waals surface area contributed by atoms with Crippen LogP contribution in [0.4, 0.5) is 17.1 Å². The quantitative estimate of drug-likeness (QED) is 0.669. The Hall–Kier alpha value is -2.67. The van der Waals surface area contributed by atoms with E-state index in [9.17, 15) is 20.2 Å². The van der Waals surface area contributed by atoms with Crippen LogP contribution in [0.25, 0.3) is 0 Å². The normalized spacial score (nSPS) is 10.1. The Bertz CT molecular complexity index is 706. The summed E-state index contributed by atoms with van der Waals surface area (Å²) in [6.45, 7) is 0.211. The number of nitrogens with one attached hydrogen (secondary N) is 1. The lowest BCUT2D eigenvalue weighted by Crippen LogP contribution is -2.03. The highest BCUT2D eigenvalue weighted by Gasteiger charge is 2.14. The number of benzene rings is 2. The molecule has 0 amide bonds. The lowest BCUT2D eigenvalue weighted by molar-refractivity contribution is -0.384. The second-order valence-electron chi connectivity index (χ2n) is 4.20. The van der Waals surface area contributed by atoms with E-state index >= 15 is 0 Å². The minimum Gasteiger partial charge on any atom is -0.375 e. The summed E-state index contributed by atoms with van der Waals surface area (Å²) < 4.78 is 0. The van der Waals surface area contributed by atoms with Crippen LogP contribution in [0.2, 0.25) is 5.02 Å². The molecule has 0 bridgehead atoms. The van der Waals surface area contributed by atoms with Gasteiger partial charge in [0.15, 0.2) is 0 Å². The molecule has 0 aliphatic heterocycles. The molecule has 0 heterocycles. The molecule has 0 spiro atoms. The Balaban J connectivity index is 2.20. The average Bonchev–Trinajstić information content (AvgIpc) is 2.45. The molecule has 21 heavy (non-hydrogen) atoms. The zero-order valence-electron chi connectivity index (χ0n) is 10.7. The van der Waals surface area contributed by atoms with Crippen LogP contribution < -0.4 is 5.32 Å². The smallest absolute Gasteiger partial charge is 0.292 e. The van der Waals surface area contributed by atoms with Crippen molar-refractivity contribution in [2.24, 2.45) is 0 Å². The lowest BCUT2D eigenvalue weighted by Gasteiger charge is -2.07. The molecule has 0 aliphatic rings. The van der Waals surface area contributed by atoms with Crippen LogP contribution >= 0.6 is 11.6 Å². The van der Waals surface area contributed by atoms with Gasteiger partial charge in [-0.1, -0.05) is 23.7 Å². The van der Waals surface area contributed by atoms with E-state index in [1.165, 1.54) is 30.3 Å². The fraction of sp³-hybridized carbons (Fsp3) is 0.0769. The second kappa shape index (κ2) is 6.19. The summed E-state index contributed by atoms with van der Waals surface area (Å²) in [6, 6.07) is 10.2. The van der Waals surface area contributed by atoms with Gasteiger partial charge in [-0.3, -0.25) is 20.2 Å². The van der Waals surface area contributed by atoms with E-state index in [2.05, 4.69) is 5.32 Å². The molecular formula is C13H10ClN3O4. The van der Waals surface area contributed by atoms with Gasteiger partial charge in [0, 0.05) is 29.8 Å². The molecule has 2 aromatic rings. The Morgan fingerprint density at radius 1 is 1.05 bits per heavy atom. The van der Waals surface area contributed by atoms with Crippen molar-refractivity contribution in [2.45, 2.75) is 6.54 Å². The number of halogens is 1. The molecule has 0 unspecified atom stereocenters. The van der Waals surface area contributed by atoms with E-state index in [0.29, 0.717) is 10.6 Å². The van der Waals surface area contributed by atoms with Crippen LogP contribution in [-0.2, 0) is 6.54 Å². The summed E-state index contributed by atoms with van der Waals surface area (Å²) in [6.07, 6.45) is 0. The first kappa shape index (κ1) is 14.7. The molecule has 7 nitrogen and oxygen atoms in total. The van der Waals surface area contributed by atoms with Gasteiger partial charge in [-0.05, 0) is 17.7 Å². The molecule has 2 rings (SSSR count). The number of non-ortho nitro benzene ring substituents is 1. The molecule has 0 aliphatic carbocycles. The maximum Gasteiger partial charge on any atom is 0.292 e. The first-order chi connectivity index (χ1) is 9.97. The first-order valence-electron chi connectivity index (χ1n) is 5.88. The van der Waals surface area contributed by atoms with Gasteiger partial charge in [-0.25, -0.2) is 0 Å². The topological polar surface area (TPSA) is 98.3 Å². The predicted octanol–water partition coefficient (Wildman–Crippen LogP) is 3.77. The number of rotatable bonds is 5. The minimum absolute atomic E-state index is 0.0325. The Kier molecular flexibility index (Phi) is 4.34. The largest absolute Gasteiger partial charge is 0.375 e. The van der Waals surface area contributed by atoms with E-state index in [1.54, 1.807) is 12.1 Å². The van der Waals surface area contributed by atoms with Crippen LogP contribution in [0.1, 0.15) is 5.56 Å². The molecular weight excluding hydrogens is 298 g/mol. The van der Waals surface area contributed by atoms with Gasteiger partial charge in [0.25, 0.3) is 11.4 Å². The maximum absolute atomic E-state index is 10.9. The van der Waals surface area contributed by atoms with Crippen molar-refractivity contribution >= 4 is 28.7 Å². The van der Waals surface area contributed by atoms with E-state index in [-0.39, 0.29) is 23.6 Å². The van der Waals surface area contributed by atoms with E-state index in [4.69, 9.17) is 11.6 Å². The molecule has 0 fully saturated rings. The van der Waals surface area contributed by atoms with Crippen LogP contribution in [0.3, 0.4) is 0 Å². The molecule has 0 saturated heterocycles. The highest BCUT2D eigenvalue weighted by Crippen LogP contribution is 2.28. The minimum atomic E-state index is -0.522. The van der Waals surface area contributed by atoms with Crippen LogP contribution in [-0.4, -0.2) is 9.85 Å². The molecule has 8 heteroatoms. The van der Waals surface area contributed by atoms with Gasteiger partial charge in [-0.15, -0.1) is 0 Å². The Morgan fingerprint density at radius 3 is 2.48 bits per heavy atom. The van der Waals surface area contributed by atoms with Gasteiger partial charge in [0.2, 0.25) is 0 Å². The van der Waals surface area contributed by atoms with Crippen LogP contribution in [0.5, 0.6) is 0 Å². The standard InChI is InChI=1S/C13H10ClN3O4/c14-10-4-5-13(17(20)21)12(7-10)15-8-9-2-1-3-11(6-9)16(18)19/h1-7,15H,8H2. The third kappa shape index (κ3) is 3.67. The summed E-state index contributed by atoms with van der Waals surface area (Å²) in [5.74, 6) is 0. The Morgan fingerprint density at radius 2 is 1.81 bits per heavy atom. The summed E-state index contributed by atoms with van der Waals surface area (Å²) >= 11 is 5.82. The summed E-state index contributed by atoms with van der Waals surface area (Å²) in [4.78, 5) is 20.6. The van der Waals surface area contributed by atoms with Gasteiger partial charge in [0.05, 0.1) is 9.85 Å². The third-order valence-electron chi connectivity index (χ3n) is 2.76. The predicted molar refractivity (Wildman–Crippen MR) is 78.5 cm³/mol. The van der Waals surface area contributed by atoms with Crippen molar-refractivity contribution in [3.05, 3.63) is 73.3 Å². The van der Waals surface area contributed by atoms with Crippen molar-refractivity contribution in [1.29, 1.82) is 0 Å². The highest BCUT2D eigenvalue weighted by molar-refractivity contribution is 6.31. The fourth-order valence-electron chi connectivity index (χ4n) is 1.79. The first-order valence-corrected chi connectivity index (χ1v) is 6.26. The van der Waals surface area contributed by atoms with E-state index < -0.39 is 9.85 Å². The van der Waals surface area contributed by atoms with Crippen molar-refractivity contribution in [3.8, 4) is 0 Å². The SMILES string of the molecule is O=[N+]([O-])c1cccc(CNc2cc(Cl)ccc2[N+](=O)[O-])c1. The number of nitro groups is 2. The van der Waals surface area contributed by atoms with Crippen LogP contribution in [0.15, 0.2) is 42.5 Å². The van der Waals surface area contributed by atoms with Crippen molar-refractivity contribution in [2.75, 3.05) is 5.32 Å². The molecule has 0 saturated carbocycles. The lowest BCUT2D eigenvalue weighted by atomic mass is 10.2. The third-order valence-corrected chi connectivity index (χ3v) is 2.99. The van der Waals surface area contributed by atoms with Gasteiger partial charge in [-0.2, -0.15) is 0 Å². The molecule has 108 valence electrons. The second-order valence-corrected chi connectivity index (χ2v) is 4.64. The Labute approximate surface area is 124 Å². The number of hydrogen-bond acceptors (Lipinski definition) is 5. The number of nitro benzene ring substituents is 2. The van der Waals surface area contributed by atoms with Crippen molar-refractivity contribution < 1.29 is 9.85 Å². The van der Waals surface area contributed by atoms with Gasteiger partial charge >= 0.3 is 0 Å². The van der Waals surface area contributed by atoms with E-state index in [1.807, 2.05) is 0 Å². The fourth-order valence-corrected chi connectivity index (χ4v) is 1.96. The van der Waals surface area contributed by atoms with Crippen molar-refractivity contribution in [3.63, 3.8) is 0 Å².